The van der Waals surface area contributed by atoms with Crippen LogP contribution in [0.25, 0.3) is 0 Å². The summed E-state index contributed by atoms with van der Waals surface area (Å²) < 4.78 is 1.69. The topological polar surface area (TPSA) is 92.7 Å². The van der Waals surface area contributed by atoms with Gasteiger partial charge in [0.05, 0.1) is 11.7 Å². The van der Waals surface area contributed by atoms with E-state index in [9.17, 15) is 9.59 Å². The lowest BCUT2D eigenvalue weighted by Gasteiger charge is -2.29. The van der Waals surface area contributed by atoms with E-state index in [2.05, 4.69) is 20.4 Å². The van der Waals surface area contributed by atoms with Crippen LogP contribution < -0.4 is 16.4 Å². The number of aryl methyl sites for hydroxylation is 2. The monoisotopic (exact) mass is 327 g/mol. The van der Waals surface area contributed by atoms with Crippen molar-refractivity contribution in [3.8, 4) is 0 Å². The lowest BCUT2D eigenvalue weighted by Crippen LogP contribution is -2.34. The van der Waals surface area contributed by atoms with Gasteiger partial charge in [-0.15, -0.1) is 0 Å². The van der Waals surface area contributed by atoms with Crippen molar-refractivity contribution in [3.05, 3.63) is 50.4 Å². The van der Waals surface area contributed by atoms with Crippen LogP contribution in [0.3, 0.4) is 0 Å². The van der Waals surface area contributed by atoms with E-state index in [0.717, 1.165) is 56.2 Å². The van der Waals surface area contributed by atoms with E-state index in [4.69, 9.17) is 0 Å². The Bertz CT molecular complexity index is 849. The molecule has 2 N–H and O–H groups in total. The minimum absolute atomic E-state index is 0.0215. The molecule has 4 rings (SSSR count). The number of fused-ring (bicyclic) bond motifs is 1. The first-order chi connectivity index (χ1) is 11.7. The average Bonchev–Trinajstić information content (AvgIpc) is 3.04. The zero-order valence-corrected chi connectivity index (χ0v) is 13.5. The van der Waals surface area contributed by atoms with Gasteiger partial charge in [0, 0.05) is 24.5 Å². The van der Waals surface area contributed by atoms with E-state index < -0.39 is 0 Å². The predicted octanol–water partition coefficient (Wildman–Crippen LogP) is 1.41. The van der Waals surface area contributed by atoms with Gasteiger partial charge in [-0.2, -0.15) is 5.10 Å². The maximum Gasteiger partial charge on any atom is 0.290 e. The average molecular weight is 327 g/mol. The summed E-state index contributed by atoms with van der Waals surface area (Å²) in [6, 6.07) is 2.14. The van der Waals surface area contributed by atoms with Crippen LogP contribution in [0.4, 0.5) is 5.82 Å². The Balaban J connectivity index is 1.44. The molecule has 2 aliphatic carbocycles. The first kappa shape index (κ1) is 15.1. The third-order valence-corrected chi connectivity index (χ3v) is 5.07. The maximum atomic E-state index is 12.3. The van der Waals surface area contributed by atoms with Crippen LogP contribution in [-0.2, 0) is 12.8 Å². The van der Waals surface area contributed by atoms with Crippen molar-refractivity contribution in [2.24, 2.45) is 0 Å². The minimum Gasteiger partial charge on any atom is -0.363 e. The highest BCUT2D eigenvalue weighted by atomic mass is 16.1. The van der Waals surface area contributed by atoms with Crippen molar-refractivity contribution in [3.63, 3.8) is 0 Å². The number of aromatic amines is 1. The van der Waals surface area contributed by atoms with Crippen molar-refractivity contribution in [1.29, 1.82) is 0 Å². The summed E-state index contributed by atoms with van der Waals surface area (Å²) in [4.78, 5) is 30.7. The summed E-state index contributed by atoms with van der Waals surface area (Å²) in [6.45, 7) is 0. The van der Waals surface area contributed by atoms with E-state index >= 15 is 0 Å². The Morgan fingerprint density at radius 3 is 2.79 bits per heavy atom. The number of rotatable bonds is 3. The highest BCUT2D eigenvalue weighted by Gasteiger charge is 2.25. The Morgan fingerprint density at radius 1 is 1.17 bits per heavy atom. The smallest absolute Gasteiger partial charge is 0.290 e. The molecule has 7 heteroatoms. The second-order valence-corrected chi connectivity index (χ2v) is 6.67. The number of H-pyrrole nitrogens is 1. The fraction of sp³-hybridized carbons (Fsp3) is 0.529. The van der Waals surface area contributed by atoms with Crippen LogP contribution in [-0.4, -0.2) is 25.8 Å². The predicted molar refractivity (Wildman–Crippen MR) is 90.3 cm³/mol. The fourth-order valence-electron chi connectivity index (χ4n) is 3.79. The van der Waals surface area contributed by atoms with Gasteiger partial charge in [-0.25, -0.2) is 9.67 Å². The third kappa shape index (κ3) is 2.86. The number of nitrogens with one attached hydrogen (secondary N) is 2. The number of aromatic nitrogens is 4. The SMILES string of the molecule is O=c1[nH]ccnc1NC1CCC(n2nc3c(cc2=O)CCC3)CC1. The maximum absolute atomic E-state index is 12.3. The molecular weight excluding hydrogens is 306 g/mol. The van der Waals surface area contributed by atoms with Gasteiger partial charge in [0.25, 0.3) is 11.1 Å². The molecule has 126 valence electrons. The Hall–Kier alpha value is -2.44. The van der Waals surface area contributed by atoms with Crippen LogP contribution in [0.1, 0.15) is 49.4 Å². The second-order valence-electron chi connectivity index (χ2n) is 6.67. The van der Waals surface area contributed by atoms with Gasteiger partial charge in [0.1, 0.15) is 0 Å². The van der Waals surface area contributed by atoms with E-state index in [-0.39, 0.29) is 23.2 Å². The standard InChI is InChI=1S/C17H21N5O2/c23-15-10-11-2-1-3-14(11)21-22(15)13-6-4-12(5-7-13)20-16-17(24)19-9-8-18-16/h8-10,12-13H,1-7H2,(H,18,20)(H,19,24). The van der Waals surface area contributed by atoms with Crippen molar-refractivity contribution >= 4 is 5.82 Å². The summed E-state index contributed by atoms with van der Waals surface area (Å²) in [6.07, 6.45) is 9.71. The van der Waals surface area contributed by atoms with Crippen molar-refractivity contribution in [1.82, 2.24) is 19.7 Å². The highest BCUT2D eigenvalue weighted by molar-refractivity contribution is 5.31. The molecule has 7 nitrogen and oxygen atoms in total. The number of anilines is 1. The molecule has 0 aliphatic heterocycles. The lowest BCUT2D eigenvalue weighted by molar-refractivity contribution is 0.301. The van der Waals surface area contributed by atoms with Crippen molar-refractivity contribution < 1.29 is 0 Å². The molecule has 0 saturated heterocycles. The van der Waals surface area contributed by atoms with Gasteiger partial charge >= 0.3 is 0 Å². The summed E-state index contributed by atoms with van der Waals surface area (Å²) in [5.74, 6) is 0.369. The molecule has 0 amide bonds. The van der Waals surface area contributed by atoms with Crippen LogP contribution in [0, 0.1) is 0 Å². The first-order valence-corrected chi connectivity index (χ1v) is 8.62. The molecule has 0 spiro atoms. The van der Waals surface area contributed by atoms with E-state index in [1.54, 1.807) is 16.9 Å². The van der Waals surface area contributed by atoms with E-state index in [1.807, 2.05) is 0 Å². The molecule has 1 fully saturated rings. The summed E-state index contributed by atoms with van der Waals surface area (Å²) in [7, 11) is 0. The first-order valence-electron chi connectivity index (χ1n) is 8.62. The number of hydrogen-bond donors (Lipinski definition) is 2. The molecule has 1 saturated carbocycles. The lowest BCUT2D eigenvalue weighted by atomic mass is 9.91. The van der Waals surface area contributed by atoms with Gasteiger partial charge in [-0.05, 0) is 50.5 Å². The Kier molecular flexibility index (Phi) is 3.92. The molecule has 0 aromatic carbocycles. The van der Waals surface area contributed by atoms with Crippen LogP contribution in [0.5, 0.6) is 0 Å². The van der Waals surface area contributed by atoms with Crippen LogP contribution in [0.15, 0.2) is 28.0 Å². The molecule has 0 atom stereocenters. The molecule has 2 aromatic rings. The van der Waals surface area contributed by atoms with E-state index in [0.29, 0.717) is 5.82 Å². The fourth-order valence-corrected chi connectivity index (χ4v) is 3.79. The van der Waals surface area contributed by atoms with Crippen LogP contribution >= 0.6 is 0 Å². The molecule has 2 aliphatic rings. The van der Waals surface area contributed by atoms with Gasteiger partial charge in [0.15, 0.2) is 5.82 Å². The zero-order chi connectivity index (χ0) is 16.5. The molecule has 2 aromatic heterocycles. The molecule has 0 bridgehead atoms. The quantitative estimate of drug-likeness (QED) is 0.889. The molecule has 24 heavy (non-hydrogen) atoms. The minimum atomic E-state index is -0.198. The van der Waals surface area contributed by atoms with Crippen molar-refractivity contribution in [2.75, 3.05) is 5.32 Å². The Labute approximate surface area is 139 Å². The molecule has 0 radical (unpaired) electrons. The van der Waals surface area contributed by atoms with Gasteiger partial charge < -0.3 is 10.3 Å². The largest absolute Gasteiger partial charge is 0.363 e. The summed E-state index contributed by atoms with van der Waals surface area (Å²) in [5, 5.41) is 7.83. The van der Waals surface area contributed by atoms with Crippen LogP contribution in [0.2, 0.25) is 0 Å². The molecule has 0 unspecified atom stereocenters. The number of hydrogen-bond acceptors (Lipinski definition) is 5. The Morgan fingerprint density at radius 2 is 2.00 bits per heavy atom. The molecule has 2 heterocycles. The molecular formula is C17H21N5O2. The summed E-state index contributed by atoms with van der Waals surface area (Å²) in [5.41, 5.74) is 2.04. The summed E-state index contributed by atoms with van der Waals surface area (Å²) >= 11 is 0. The van der Waals surface area contributed by atoms with Crippen molar-refractivity contribution in [2.45, 2.75) is 57.0 Å². The third-order valence-electron chi connectivity index (χ3n) is 5.07. The van der Waals surface area contributed by atoms with E-state index in [1.165, 1.54) is 6.20 Å². The van der Waals surface area contributed by atoms with Gasteiger partial charge in [-0.3, -0.25) is 9.59 Å². The van der Waals surface area contributed by atoms with Gasteiger partial charge in [-0.1, -0.05) is 0 Å². The second kappa shape index (κ2) is 6.22. The normalized spacial score (nSPS) is 23.0. The highest BCUT2D eigenvalue weighted by Crippen LogP contribution is 2.29. The zero-order valence-electron chi connectivity index (χ0n) is 13.5. The van der Waals surface area contributed by atoms with Gasteiger partial charge in [0.2, 0.25) is 0 Å². The number of nitrogens with zero attached hydrogens (tertiary/aromatic N) is 3.